The van der Waals surface area contributed by atoms with Crippen LogP contribution < -0.4 is 4.74 Å². The van der Waals surface area contributed by atoms with Crippen molar-refractivity contribution >= 4 is 15.9 Å². The van der Waals surface area contributed by atoms with Crippen molar-refractivity contribution in [3.05, 3.63) is 54.4 Å². The summed E-state index contributed by atoms with van der Waals surface area (Å²) >= 11 is 0. The number of hydrogen-bond donors (Lipinski definition) is 0. The summed E-state index contributed by atoms with van der Waals surface area (Å²) in [6.45, 7) is 2.61. The number of unbranched alkanes of at least 4 members (excludes halogenated alkanes) is 1. The van der Waals surface area contributed by atoms with Crippen LogP contribution in [0.2, 0.25) is 0 Å². The molecule has 0 N–H and O–H groups in total. The third-order valence-electron chi connectivity index (χ3n) is 5.30. The fraction of sp³-hybridized carbons (Fsp3) is 0.429. The van der Waals surface area contributed by atoms with E-state index in [-0.39, 0.29) is 17.9 Å². The normalized spacial score (nSPS) is 24.9. The van der Waals surface area contributed by atoms with Gasteiger partial charge in [0.25, 0.3) is 0 Å². The highest BCUT2D eigenvalue weighted by atomic mass is 32.2. The second-order valence-electron chi connectivity index (χ2n) is 7.37. The van der Waals surface area contributed by atoms with E-state index in [1.54, 1.807) is 42.7 Å². The number of nitrogens with zero attached hydrogens (tertiary/aromatic N) is 2. The molecule has 1 aromatic carbocycles. The lowest BCUT2D eigenvalue weighted by atomic mass is 9.98. The van der Waals surface area contributed by atoms with E-state index in [4.69, 9.17) is 14.2 Å². The zero-order valence-electron chi connectivity index (χ0n) is 16.7. The summed E-state index contributed by atoms with van der Waals surface area (Å²) in [4.78, 5) is 18.5. The topological polar surface area (TPSA) is 95.0 Å². The first kappa shape index (κ1) is 20.6. The van der Waals surface area contributed by atoms with Crippen molar-refractivity contribution in [3.63, 3.8) is 0 Å². The number of benzene rings is 1. The average Bonchev–Trinajstić information content (AvgIpc) is 3.11. The molecule has 2 aliphatic heterocycles. The Bertz CT molecular complexity index is 1010. The molecule has 0 radical (unpaired) electrons. The first-order chi connectivity index (χ1) is 14.5. The van der Waals surface area contributed by atoms with Crippen LogP contribution in [0.15, 0.2) is 53.7 Å². The van der Waals surface area contributed by atoms with Crippen LogP contribution in [-0.2, 0) is 25.0 Å². The molecule has 1 saturated heterocycles. The van der Waals surface area contributed by atoms with Gasteiger partial charge in [0.1, 0.15) is 11.9 Å². The fourth-order valence-electron chi connectivity index (χ4n) is 3.93. The summed E-state index contributed by atoms with van der Waals surface area (Å²) < 4.78 is 43.2. The van der Waals surface area contributed by atoms with Crippen LogP contribution in [-0.4, -0.2) is 49.6 Å². The zero-order chi connectivity index (χ0) is 21.2. The van der Waals surface area contributed by atoms with Gasteiger partial charge in [-0.3, -0.25) is 9.88 Å². The predicted molar refractivity (Wildman–Crippen MR) is 107 cm³/mol. The summed E-state index contributed by atoms with van der Waals surface area (Å²) in [5.74, 6) is -0.144. The highest BCUT2D eigenvalue weighted by Gasteiger charge is 2.55. The summed E-state index contributed by atoms with van der Waals surface area (Å²) in [7, 11) is -3.82. The van der Waals surface area contributed by atoms with Crippen molar-refractivity contribution in [2.75, 3.05) is 19.1 Å². The smallest absolute Gasteiger partial charge is 0.413 e. The van der Waals surface area contributed by atoms with E-state index in [0.717, 1.165) is 12.8 Å². The van der Waals surface area contributed by atoms with Crippen LogP contribution in [0.3, 0.4) is 0 Å². The van der Waals surface area contributed by atoms with Crippen LogP contribution in [0.4, 0.5) is 4.79 Å². The second kappa shape index (κ2) is 8.23. The van der Waals surface area contributed by atoms with Crippen LogP contribution in [0.5, 0.6) is 5.75 Å². The molecular formula is C21H24N2O6S. The maximum absolute atomic E-state index is 12.9. The number of fused-ring (bicyclic) bond motifs is 3. The number of rotatable bonds is 6. The lowest BCUT2D eigenvalue weighted by molar-refractivity contribution is -0.135. The van der Waals surface area contributed by atoms with Crippen LogP contribution >= 0.6 is 0 Å². The molecule has 1 amide bonds. The molecule has 160 valence electrons. The van der Waals surface area contributed by atoms with Crippen molar-refractivity contribution in [2.45, 2.75) is 42.9 Å². The Balaban J connectivity index is 1.79. The minimum Gasteiger partial charge on any atom is -0.487 e. The zero-order valence-corrected chi connectivity index (χ0v) is 17.5. The van der Waals surface area contributed by atoms with E-state index in [1.807, 2.05) is 6.92 Å². The molecule has 30 heavy (non-hydrogen) atoms. The molecule has 0 unspecified atom stereocenters. The van der Waals surface area contributed by atoms with E-state index in [1.165, 1.54) is 11.0 Å². The van der Waals surface area contributed by atoms with Gasteiger partial charge in [-0.15, -0.1) is 0 Å². The number of hydrogen-bond acceptors (Lipinski definition) is 7. The third-order valence-corrected chi connectivity index (χ3v) is 6.76. The first-order valence-electron chi connectivity index (χ1n) is 9.93. The SMILES string of the molecule is CCCCO[C@@]12C[C@H](Oc3cccnc3)CN1C(=O)OCS(=O)(=O)c1ccccc12. The van der Waals surface area contributed by atoms with Crippen LogP contribution in [0, 0.1) is 0 Å². The van der Waals surface area contributed by atoms with Gasteiger partial charge in [0.2, 0.25) is 9.84 Å². The molecule has 3 heterocycles. The number of aromatic nitrogens is 1. The molecule has 1 fully saturated rings. The molecule has 2 aliphatic rings. The van der Waals surface area contributed by atoms with E-state index in [2.05, 4.69) is 4.98 Å². The molecule has 2 atom stereocenters. The number of pyridine rings is 1. The van der Waals surface area contributed by atoms with E-state index < -0.39 is 33.7 Å². The Hall–Kier alpha value is -2.65. The Labute approximate surface area is 175 Å². The van der Waals surface area contributed by atoms with Gasteiger partial charge in [0.15, 0.2) is 11.7 Å². The molecule has 0 bridgehead atoms. The Morgan fingerprint density at radius 1 is 1.27 bits per heavy atom. The van der Waals surface area contributed by atoms with Crippen LogP contribution in [0.25, 0.3) is 0 Å². The molecule has 0 saturated carbocycles. The van der Waals surface area contributed by atoms with Gasteiger partial charge in [-0.05, 0) is 24.6 Å². The van der Waals surface area contributed by atoms with Crippen molar-refractivity contribution in [3.8, 4) is 5.75 Å². The molecule has 0 aliphatic carbocycles. The fourth-order valence-corrected chi connectivity index (χ4v) is 5.16. The van der Waals surface area contributed by atoms with Crippen molar-refractivity contribution < 1.29 is 27.4 Å². The van der Waals surface area contributed by atoms with E-state index >= 15 is 0 Å². The average molecular weight is 432 g/mol. The molecule has 4 rings (SSSR count). The summed E-state index contributed by atoms with van der Waals surface area (Å²) in [5.41, 5.74) is -0.849. The molecule has 2 aromatic rings. The summed E-state index contributed by atoms with van der Waals surface area (Å²) in [6, 6.07) is 10.2. The lowest BCUT2D eigenvalue weighted by Crippen LogP contribution is -2.49. The quantitative estimate of drug-likeness (QED) is 0.647. The third kappa shape index (κ3) is 3.75. The molecule has 8 nitrogen and oxygen atoms in total. The number of amides is 1. The number of cyclic esters (lactones) is 1. The largest absolute Gasteiger partial charge is 0.487 e. The van der Waals surface area contributed by atoms with Gasteiger partial charge in [0, 0.05) is 24.8 Å². The number of carbonyl (C=O) groups excluding carboxylic acids is 1. The Kier molecular flexibility index (Phi) is 5.66. The van der Waals surface area contributed by atoms with Gasteiger partial charge >= 0.3 is 6.09 Å². The van der Waals surface area contributed by atoms with Gasteiger partial charge in [-0.2, -0.15) is 0 Å². The van der Waals surface area contributed by atoms with E-state index in [9.17, 15) is 13.2 Å². The molecular weight excluding hydrogens is 408 g/mol. The van der Waals surface area contributed by atoms with Crippen molar-refractivity contribution in [1.29, 1.82) is 0 Å². The summed E-state index contributed by atoms with van der Waals surface area (Å²) in [5, 5.41) is 0. The molecule has 9 heteroatoms. The summed E-state index contributed by atoms with van der Waals surface area (Å²) in [6.07, 6.45) is 4.03. The van der Waals surface area contributed by atoms with Crippen molar-refractivity contribution in [2.24, 2.45) is 0 Å². The minimum atomic E-state index is -3.82. The van der Waals surface area contributed by atoms with Gasteiger partial charge in [-0.1, -0.05) is 31.5 Å². The van der Waals surface area contributed by atoms with Crippen LogP contribution in [0.1, 0.15) is 31.7 Å². The Morgan fingerprint density at radius 3 is 2.87 bits per heavy atom. The monoisotopic (exact) mass is 432 g/mol. The molecule has 1 aromatic heterocycles. The lowest BCUT2D eigenvalue weighted by Gasteiger charge is -2.39. The van der Waals surface area contributed by atoms with Crippen molar-refractivity contribution in [1.82, 2.24) is 9.88 Å². The van der Waals surface area contributed by atoms with Gasteiger partial charge in [-0.25, -0.2) is 13.2 Å². The standard InChI is InChI=1S/C21H24N2O6S/c1-2-3-11-28-21-12-17(29-16-7-6-10-22-13-16)14-23(21)20(24)27-15-30(25,26)19-9-5-4-8-18(19)21/h4-10,13,17H,2-3,11-12,14-15H2,1H3/t17-,21+/m0/s1. The van der Waals surface area contributed by atoms with Gasteiger partial charge in [0.05, 0.1) is 17.6 Å². The van der Waals surface area contributed by atoms with E-state index in [0.29, 0.717) is 17.9 Å². The van der Waals surface area contributed by atoms with Gasteiger partial charge < -0.3 is 14.2 Å². The first-order valence-corrected chi connectivity index (χ1v) is 11.6. The number of carbonyl (C=O) groups is 1. The minimum absolute atomic E-state index is 0.112. The number of sulfone groups is 1. The number of ether oxygens (including phenoxy) is 3. The highest BCUT2D eigenvalue weighted by molar-refractivity contribution is 7.91. The maximum Gasteiger partial charge on any atom is 0.413 e. The molecule has 0 spiro atoms. The Morgan fingerprint density at radius 2 is 2.10 bits per heavy atom. The maximum atomic E-state index is 12.9. The second-order valence-corrected chi connectivity index (χ2v) is 9.27. The predicted octanol–water partition coefficient (Wildman–Crippen LogP) is 3.09. The highest BCUT2D eigenvalue weighted by Crippen LogP contribution is 2.45.